The van der Waals surface area contributed by atoms with E-state index in [4.69, 9.17) is 16.3 Å². The number of aliphatic hydroxyl groups is 1. The van der Waals surface area contributed by atoms with E-state index >= 15 is 0 Å². The van der Waals surface area contributed by atoms with Crippen molar-refractivity contribution >= 4 is 35.1 Å². The number of hydrogen-bond donors (Lipinski definition) is 3. The molecule has 0 spiro atoms. The van der Waals surface area contributed by atoms with Gasteiger partial charge in [0.1, 0.15) is 5.75 Å². The highest BCUT2D eigenvalue weighted by molar-refractivity contribution is 7.84. The van der Waals surface area contributed by atoms with Crippen molar-refractivity contribution in [1.82, 2.24) is 5.32 Å². The molecule has 0 fully saturated rings. The van der Waals surface area contributed by atoms with Gasteiger partial charge in [0.15, 0.2) is 6.20 Å². The molecule has 1 aromatic heterocycles. The second kappa shape index (κ2) is 9.27. The molecule has 0 radical (unpaired) electrons. The number of ether oxygens (including phenoxy) is 1. The number of hydrogen-bond acceptors (Lipinski definition) is 5. The summed E-state index contributed by atoms with van der Waals surface area (Å²) >= 11 is 10.9. The summed E-state index contributed by atoms with van der Waals surface area (Å²) in [6, 6.07) is 28.2. The highest BCUT2D eigenvalue weighted by Crippen LogP contribution is 2.48. The Balaban J connectivity index is 1.84. The Kier molecular flexibility index (Phi) is 6.16. The maximum atomic E-state index is 12.4. The molecule has 0 aliphatic carbocycles. The maximum absolute atomic E-state index is 12.4. The molecule has 3 aromatic carbocycles. The van der Waals surface area contributed by atoms with Crippen molar-refractivity contribution in [3.63, 3.8) is 0 Å². The largest absolute Gasteiger partial charge is 0.497 e. The van der Waals surface area contributed by atoms with Crippen LogP contribution in [0.15, 0.2) is 102 Å². The molecule has 174 valence electrons. The predicted molar refractivity (Wildman–Crippen MR) is 139 cm³/mol. The summed E-state index contributed by atoms with van der Waals surface area (Å²) in [6.07, 6.45) is 1.92. The number of benzene rings is 3. The average molecular weight is 501 g/mol. The molecule has 0 saturated carbocycles. The van der Waals surface area contributed by atoms with Gasteiger partial charge in [-0.15, -0.1) is 12.6 Å². The minimum atomic E-state index is -1.58. The first-order valence-electron chi connectivity index (χ1n) is 11.1. The van der Waals surface area contributed by atoms with Crippen LogP contribution < -0.4 is 14.6 Å². The third-order valence-corrected chi connectivity index (χ3v) is 7.11. The lowest BCUT2D eigenvalue weighted by Gasteiger charge is -2.42. The van der Waals surface area contributed by atoms with Crippen molar-refractivity contribution < 1.29 is 14.4 Å². The van der Waals surface area contributed by atoms with E-state index < -0.39 is 17.7 Å². The monoisotopic (exact) mass is 500 g/mol. The van der Waals surface area contributed by atoms with E-state index in [2.05, 4.69) is 24.0 Å². The van der Waals surface area contributed by atoms with Crippen LogP contribution in [0.5, 0.6) is 5.75 Å². The number of thiol groups is 1. The molecular weight excluding hydrogens is 478 g/mol. The third-order valence-electron chi connectivity index (χ3n) is 6.52. The summed E-state index contributed by atoms with van der Waals surface area (Å²) in [5.41, 5.74) is 1.24. The van der Waals surface area contributed by atoms with Crippen molar-refractivity contribution in [1.29, 1.82) is 5.26 Å². The zero-order chi connectivity index (χ0) is 24.6. The SMILES string of the molecule is COc1ccc([C@H]2C(C#N)=C(S)N[C@@](O)(c3ccccc3)[C@@H]2[n+]2cccc3cc(Cl)ccc32)cc1. The molecule has 5 nitrogen and oxygen atoms in total. The van der Waals surface area contributed by atoms with Crippen molar-refractivity contribution in [2.75, 3.05) is 7.11 Å². The number of halogens is 1. The van der Waals surface area contributed by atoms with Gasteiger partial charge in [0.05, 0.1) is 29.7 Å². The molecule has 0 amide bonds. The van der Waals surface area contributed by atoms with Crippen LogP contribution in [-0.4, -0.2) is 12.2 Å². The van der Waals surface area contributed by atoms with Crippen LogP contribution in [0, 0.1) is 11.3 Å². The van der Waals surface area contributed by atoms with E-state index in [0.29, 0.717) is 26.9 Å². The first-order chi connectivity index (χ1) is 17.0. The van der Waals surface area contributed by atoms with Crippen LogP contribution in [0.1, 0.15) is 23.1 Å². The predicted octanol–water partition coefficient (Wildman–Crippen LogP) is 5.23. The average Bonchev–Trinajstić information content (AvgIpc) is 2.88. The van der Waals surface area contributed by atoms with E-state index in [1.165, 1.54) is 0 Å². The molecule has 1 aliphatic heterocycles. The summed E-state index contributed by atoms with van der Waals surface area (Å²) in [5, 5.41) is 27.7. The molecule has 4 aromatic rings. The third kappa shape index (κ3) is 4.02. The Morgan fingerprint density at radius 3 is 2.49 bits per heavy atom. The summed E-state index contributed by atoms with van der Waals surface area (Å²) in [5.74, 6) is 0.190. The van der Waals surface area contributed by atoms with Crippen LogP contribution in [0.2, 0.25) is 5.02 Å². The maximum Gasteiger partial charge on any atom is 0.227 e. The number of methoxy groups -OCH3 is 1. The number of nitriles is 1. The van der Waals surface area contributed by atoms with Gasteiger partial charge in [-0.2, -0.15) is 9.83 Å². The molecule has 1 aliphatic rings. The molecular formula is C28H23ClN3O2S+. The zero-order valence-corrected chi connectivity index (χ0v) is 20.5. The van der Waals surface area contributed by atoms with Gasteiger partial charge in [0.25, 0.3) is 0 Å². The molecule has 3 atom stereocenters. The Hall–Kier alpha value is -3.50. The van der Waals surface area contributed by atoms with Gasteiger partial charge in [-0.25, -0.2) is 0 Å². The number of pyridine rings is 1. The lowest BCUT2D eigenvalue weighted by molar-refractivity contribution is -0.720. The fourth-order valence-electron chi connectivity index (χ4n) is 4.90. The fourth-order valence-corrected chi connectivity index (χ4v) is 5.44. The minimum absolute atomic E-state index is 0.333. The van der Waals surface area contributed by atoms with E-state index in [1.807, 2.05) is 95.7 Å². The standard InChI is InChI=1S/C28H22ClN3O2S/c1-34-22-12-9-18(10-13-22)25-23(17-30)27(35)31-28(33,20-7-3-2-4-8-20)26(25)32-15-5-6-19-16-21(29)11-14-24(19)32/h2-16,25-26,31,33H,1H3/p+1/t25-,26+,28+/m0/s1. The summed E-state index contributed by atoms with van der Waals surface area (Å²) in [7, 11) is 1.61. The van der Waals surface area contributed by atoms with Crippen molar-refractivity contribution in [2.24, 2.45) is 0 Å². The number of nitrogens with one attached hydrogen (secondary N) is 1. The van der Waals surface area contributed by atoms with E-state index in [-0.39, 0.29) is 0 Å². The van der Waals surface area contributed by atoms with Crippen LogP contribution in [0.4, 0.5) is 0 Å². The second-order valence-corrected chi connectivity index (χ2v) is 9.33. The topological polar surface area (TPSA) is 69.2 Å². The highest BCUT2D eigenvalue weighted by Gasteiger charge is 2.55. The first-order valence-corrected chi connectivity index (χ1v) is 11.9. The van der Waals surface area contributed by atoms with Gasteiger partial charge >= 0.3 is 0 Å². The summed E-state index contributed by atoms with van der Waals surface area (Å²) < 4.78 is 7.36. The summed E-state index contributed by atoms with van der Waals surface area (Å²) in [4.78, 5) is 0. The second-order valence-electron chi connectivity index (χ2n) is 8.45. The van der Waals surface area contributed by atoms with Crippen molar-refractivity contribution in [2.45, 2.75) is 17.7 Å². The summed E-state index contributed by atoms with van der Waals surface area (Å²) in [6.45, 7) is 0. The van der Waals surface area contributed by atoms with Gasteiger partial charge in [-0.3, -0.25) is 0 Å². The molecule has 5 rings (SSSR count). The van der Waals surface area contributed by atoms with Gasteiger partial charge in [0, 0.05) is 28.1 Å². The lowest BCUT2D eigenvalue weighted by atomic mass is 9.75. The number of allylic oxidation sites excluding steroid dienone is 1. The molecule has 2 N–H and O–H groups in total. The molecule has 35 heavy (non-hydrogen) atoms. The van der Waals surface area contributed by atoms with Crippen LogP contribution in [0.25, 0.3) is 10.9 Å². The van der Waals surface area contributed by atoms with Gasteiger partial charge in [0.2, 0.25) is 17.3 Å². The number of aromatic nitrogens is 1. The number of nitrogens with zero attached hydrogens (tertiary/aromatic N) is 2. The van der Waals surface area contributed by atoms with Gasteiger partial charge in [-0.1, -0.05) is 54.1 Å². The lowest BCUT2D eigenvalue weighted by Crippen LogP contribution is -2.62. The van der Waals surface area contributed by atoms with Gasteiger partial charge in [-0.05, 0) is 35.9 Å². The quantitative estimate of drug-likeness (QED) is 0.265. The van der Waals surface area contributed by atoms with Crippen LogP contribution in [-0.2, 0) is 5.72 Å². The normalized spacial score (nSPS) is 21.9. The first kappa shape index (κ1) is 23.3. The Bertz CT molecular complexity index is 1470. The zero-order valence-electron chi connectivity index (χ0n) is 18.9. The van der Waals surface area contributed by atoms with Crippen molar-refractivity contribution in [3.8, 4) is 11.8 Å². The molecule has 2 heterocycles. The van der Waals surface area contributed by atoms with Gasteiger partial charge < -0.3 is 15.2 Å². The Morgan fingerprint density at radius 2 is 1.80 bits per heavy atom. The van der Waals surface area contributed by atoms with Crippen LogP contribution in [0.3, 0.4) is 0 Å². The number of rotatable bonds is 4. The van der Waals surface area contributed by atoms with E-state index in [9.17, 15) is 10.4 Å². The molecule has 0 bridgehead atoms. The molecule has 7 heteroatoms. The van der Waals surface area contributed by atoms with Crippen molar-refractivity contribution in [3.05, 3.63) is 118 Å². The Morgan fingerprint density at radius 1 is 1.06 bits per heavy atom. The van der Waals surface area contributed by atoms with E-state index in [1.54, 1.807) is 7.11 Å². The molecule has 0 unspecified atom stereocenters. The van der Waals surface area contributed by atoms with Crippen LogP contribution >= 0.6 is 24.2 Å². The highest BCUT2D eigenvalue weighted by atomic mass is 35.5. The smallest absolute Gasteiger partial charge is 0.227 e. The fraction of sp³-hybridized carbons (Fsp3) is 0.143. The Labute approximate surface area is 214 Å². The minimum Gasteiger partial charge on any atom is -0.497 e. The van der Waals surface area contributed by atoms with E-state index in [0.717, 1.165) is 16.5 Å². The molecule has 0 saturated heterocycles. The number of fused-ring (bicyclic) bond motifs is 1.